The lowest BCUT2D eigenvalue weighted by Gasteiger charge is -2.14. The van der Waals surface area contributed by atoms with Crippen molar-refractivity contribution >= 4 is 23.2 Å². The van der Waals surface area contributed by atoms with Crippen LogP contribution in [-0.4, -0.2) is 22.9 Å². The quantitative estimate of drug-likeness (QED) is 0.750. The van der Waals surface area contributed by atoms with E-state index in [0.717, 1.165) is 18.5 Å². The lowest BCUT2D eigenvalue weighted by Crippen LogP contribution is -2.16. The minimum absolute atomic E-state index is 0.504. The van der Waals surface area contributed by atoms with Crippen LogP contribution in [0.15, 0.2) is 30.6 Å². The van der Waals surface area contributed by atoms with Gasteiger partial charge in [0.2, 0.25) is 0 Å². The number of aromatic nitrogens is 2. The largest absolute Gasteiger partial charge is 0.490 e. The molecule has 0 aliphatic carbocycles. The number of hydrogen-bond acceptors (Lipinski definition) is 3. The normalized spacial score (nSPS) is 10.8. The number of benzene rings is 1. The molecule has 0 fully saturated rings. The van der Waals surface area contributed by atoms with E-state index in [-0.39, 0.29) is 0 Å². The molecule has 4 nitrogen and oxygen atoms in total. The summed E-state index contributed by atoms with van der Waals surface area (Å²) in [6.45, 7) is 4.93. The topological polar surface area (TPSA) is 39.1 Å². The van der Waals surface area contributed by atoms with Gasteiger partial charge in [-0.2, -0.15) is 5.10 Å². The van der Waals surface area contributed by atoms with Gasteiger partial charge in [0.25, 0.3) is 0 Å². The lowest BCUT2D eigenvalue weighted by molar-refractivity contribution is 0.288. The molecule has 0 radical (unpaired) electrons. The fourth-order valence-corrected chi connectivity index (χ4v) is 2.57. The maximum Gasteiger partial charge on any atom is 0.142 e. The van der Waals surface area contributed by atoms with Crippen LogP contribution < -0.4 is 10.1 Å². The molecule has 0 bridgehead atoms. The SMILES string of the molecule is CCCNCc1cc(Cl)cc(Cl)c1OCCn1cccn1. The van der Waals surface area contributed by atoms with Crippen LogP contribution >= 0.6 is 23.2 Å². The third kappa shape index (κ3) is 4.92. The maximum atomic E-state index is 6.25. The van der Waals surface area contributed by atoms with Crippen LogP contribution in [0.1, 0.15) is 18.9 Å². The first-order chi connectivity index (χ1) is 10.2. The molecule has 0 aliphatic rings. The molecule has 2 rings (SSSR count). The van der Waals surface area contributed by atoms with E-state index in [2.05, 4.69) is 17.3 Å². The second-order valence-electron chi connectivity index (χ2n) is 4.67. The minimum atomic E-state index is 0.504. The van der Waals surface area contributed by atoms with Crippen molar-refractivity contribution in [3.05, 3.63) is 46.2 Å². The summed E-state index contributed by atoms with van der Waals surface area (Å²) in [5.74, 6) is 0.692. The molecule has 0 amide bonds. The highest BCUT2D eigenvalue weighted by molar-refractivity contribution is 6.35. The Labute approximate surface area is 135 Å². The maximum absolute atomic E-state index is 6.25. The predicted molar refractivity (Wildman–Crippen MR) is 86.2 cm³/mol. The molecule has 6 heteroatoms. The third-order valence-electron chi connectivity index (χ3n) is 2.95. The number of nitrogens with one attached hydrogen (secondary N) is 1. The van der Waals surface area contributed by atoms with Gasteiger partial charge >= 0.3 is 0 Å². The van der Waals surface area contributed by atoms with Gasteiger partial charge < -0.3 is 10.1 Å². The summed E-state index contributed by atoms with van der Waals surface area (Å²) in [5.41, 5.74) is 0.974. The molecular weight excluding hydrogens is 309 g/mol. The molecule has 0 aliphatic heterocycles. The Morgan fingerprint density at radius 1 is 1.33 bits per heavy atom. The van der Waals surface area contributed by atoms with Gasteiger partial charge in [0.05, 0.1) is 11.6 Å². The van der Waals surface area contributed by atoms with E-state index in [1.165, 1.54) is 0 Å². The molecule has 1 N–H and O–H groups in total. The standard InChI is InChI=1S/C15H19Cl2N3O/c1-2-4-18-11-12-9-13(16)10-14(17)15(12)21-8-7-20-6-3-5-19-20/h3,5-6,9-10,18H,2,4,7-8,11H2,1H3. The van der Waals surface area contributed by atoms with Gasteiger partial charge in [-0.15, -0.1) is 0 Å². The zero-order chi connectivity index (χ0) is 15.1. The van der Waals surface area contributed by atoms with Crippen LogP contribution in [0, 0.1) is 0 Å². The summed E-state index contributed by atoms with van der Waals surface area (Å²) < 4.78 is 7.65. The molecule has 1 heterocycles. The van der Waals surface area contributed by atoms with Crippen LogP contribution in [0.5, 0.6) is 5.75 Å². The molecule has 0 atom stereocenters. The van der Waals surface area contributed by atoms with Crippen molar-refractivity contribution in [2.75, 3.05) is 13.2 Å². The average Bonchev–Trinajstić information content (AvgIpc) is 2.95. The van der Waals surface area contributed by atoms with E-state index < -0.39 is 0 Å². The van der Waals surface area contributed by atoms with E-state index in [1.54, 1.807) is 12.3 Å². The van der Waals surface area contributed by atoms with Gasteiger partial charge in [-0.25, -0.2) is 0 Å². The zero-order valence-electron chi connectivity index (χ0n) is 12.0. The Morgan fingerprint density at radius 2 is 2.19 bits per heavy atom. The Hall–Kier alpha value is -1.23. The fraction of sp³-hybridized carbons (Fsp3) is 0.400. The second kappa shape index (κ2) is 8.27. The molecule has 1 aromatic heterocycles. The molecule has 0 spiro atoms. The smallest absolute Gasteiger partial charge is 0.142 e. The van der Waals surface area contributed by atoms with Gasteiger partial charge in [-0.05, 0) is 31.2 Å². The van der Waals surface area contributed by atoms with Crippen molar-refractivity contribution in [3.63, 3.8) is 0 Å². The number of rotatable bonds is 8. The Morgan fingerprint density at radius 3 is 2.90 bits per heavy atom. The summed E-state index contributed by atoms with van der Waals surface area (Å²) in [6.07, 6.45) is 4.72. The number of ether oxygens (including phenoxy) is 1. The first kappa shape index (κ1) is 16.1. The van der Waals surface area contributed by atoms with E-state index in [9.17, 15) is 0 Å². The van der Waals surface area contributed by atoms with Gasteiger partial charge in [-0.3, -0.25) is 4.68 Å². The van der Waals surface area contributed by atoms with Crippen LogP contribution in [-0.2, 0) is 13.1 Å². The average molecular weight is 328 g/mol. The Balaban J connectivity index is 2.01. The van der Waals surface area contributed by atoms with Crippen molar-refractivity contribution < 1.29 is 4.74 Å². The number of hydrogen-bond donors (Lipinski definition) is 1. The van der Waals surface area contributed by atoms with Crippen molar-refractivity contribution in [1.82, 2.24) is 15.1 Å². The van der Waals surface area contributed by atoms with Crippen LogP contribution in [0.2, 0.25) is 10.0 Å². The third-order valence-corrected chi connectivity index (χ3v) is 3.45. The molecule has 0 unspecified atom stereocenters. The summed E-state index contributed by atoms with van der Waals surface area (Å²) in [4.78, 5) is 0. The number of nitrogens with zero attached hydrogens (tertiary/aromatic N) is 2. The fourth-order valence-electron chi connectivity index (χ4n) is 1.98. The second-order valence-corrected chi connectivity index (χ2v) is 5.51. The summed E-state index contributed by atoms with van der Waals surface area (Å²) in [6, 6.07) is 5.48. The Kier molecular flexibility index (Phi) is 6.36. The molecule has 114 valence electrons. The highest BCUT2D eigenvalue weighted by atomic mass is 35.5. The monoisotopic (exact) mass is 327 g/mol. The van der Waals surface area contributed by atoms with Crippen molar-refractivity contribution in [1.29, 1.82) is 0 Å². The first-order valence-corrected chi connectivity index (χ1v) is 7.75. The van der Waals surface area contributed by atoms with E-state index >= 15 is 0 Å². The van der Waals surface area contributed by atoms with Crippen LogP contribution in [0.25, 0.3) is 0 Å². The summed E-state index contributed by atoms with van der Waals surface area (Å²) in [7, 11) is 0. The molecule has 0 saturated carbocycles. The highest BCUT2D eigenvalue weighted by Crippen LogP contribution is 2.32. The van der Waals surface area contributed by atoms with Crippen molar-refractivity contribution in [2.45, 2.75) is 26.4 Å². The van der Waals surface area contributed by atoms with Crippen molar-refractivity contribution in [2.24, 2.45) is 0 Å². The lowest BCUT2D eigenvalue weighted by atomic mass is 10.2. The van der Waals surface area contributed by atoms with Crippen molar-refractivity contribution in [3.8, 4) is 5.75 Å². The zero-order valence-corrected chi connectivity index (χ0v) is 13.5. The van der Waals surface area contributed by atoms with Crippen LogP contribution in [0.4, 0.5) is 0 Å². The van der Waals surface area contributed by atoms with Gasteiger partial charge in [-0.1, -0.05) is 30.1 Å². The van der Waals surface area contributed by atoms with Gasteiger partial charge in [0.15, 0.2) is 0 Å². The summed E-state index contributed by atoms with van der Waals surface area (Å²) >= 11 is 12.3. The number of halogens is 2. The minimum Gasteiger partial charge on any atom is -0.490 e. The first-order valence-electron chi connectivity index (χ1n) is 6.99. The summed E-state index contributed by atoms with van der Waals surface area (Å²) in [5, 5.41) is 8.63. The van der Waals surface area contributed by atoms with E-state index in [1.807, 2.05) is 23.0 Å². The molecule has 21 heavy (non-hydrogen) atoms. The Bertz CT molecular complexity index is 558. The molecular formula is C15H19Cl2N3O. The van der Waals surface area contributed by atoms with Crippen LogP contribution in [0.3, 0.4) is 0 Å². The van der Waals surface area contributed by atoms with E-state index in [0.29, 0.717) is 35.5 Å². The van der Waals surface area contributed by atoms with Gasteiger partial charge in [0, 0.05) is 29.5 Å². The highest BCUT2D eigenvalue weighted by Gasteiger charge is 2.10. The molecule has 2 aromatic rings. The molecule has 0 saturated heterocycles. The van der Waals surface area contributed by atoms with E-state index in [4.69, 9.17) is 27.9 Å². The van der Waals surface area contributed by atoms with Gasteiger partial charge in [0.1, 0.15) is 12.4 Å². The predicted octanol–water partition coefficient (Wildman–Crippen LogP) is 3.77. The molecule has 1 aromatic carbocycles.